The Morgan fingerprint density at radius 1 is 0.857 bits per heavy atom. The summed E-state index contributed by atoms with van der Waals surface area (Å²) in [4.78, 5) is 0. The minimum atomic E-state index is -2.02. The van der Waals surface area contributed by atoms with Gasteiger partial charge in [0.15, 0.2) is 8.32 Å². The lowest BCUT2D eigenvalue weighted by atomic mass is 10.2. The van der Waals surface area contributed by atoms with Gasteiger partial charge in [-0.15, -0.1) is 0 Å². The van der Waals surface area contributed by atoms with Crippen LogP contribution in [-0.4, -0.2) is 42.3 Å². The van der Waals surface area contributed by atoms with E-state index in [4.69, 9.17) is 13.9 Å². The zero-order chi connectivity index (χ0) is 26.1. The molecule has 2 aromatic rings. The van der Waals surface area contributed by atoms with Crippen molar-refractivity contribution in [2.45, 2.75) is 89.8 Å². The molecule has 7 heteroatoms. The fourth-order valence-electron chi connectivity index (χ4n) is 2.81. The molecule has 0 spiro atoms. The van der Waals surface area contributed by atoms with Crippen LogP contribution in [0.2, 0.25) is 18.1 Å². The summed E-state index contributed by atoms with van der Waals surface area (Å²) >= 11 is 0. The predicted molar refractivity (Wildman–Crippen MR) is 150 cm³/mol. The van der Waals surface area contributed by atoms with E-state index in [-0.39, 0.29) is 5.04 Å². The average Bonchev–Trinajstić information content (AvgIpc) is 2.79. The third kappa shape index (κ3) is 10.1. The molecule has 0 aliphatic rings. The number of rotatable bonds is 12. The van der Waals surface area contributed by atoms with Crippen LogP contribution in [0.15, 0.2) is 65.1 Å². The second kappa shape index (κ2) is 13.1. The van der Waals surface area contributed by atoms with Crippen molar-refractivity contribution in [1.29, 1.82) is 0 Å². The molecular weight excluding hydrogens is 474 g/mol. The Bertz CT molecular complexity index is 937. The maximum absolute atomic E-state index is 12.7. The Morgan fingerprint density at radius 2 is 1.34 bits per heavy atom. The summed E-state index contributed by atoms with van der Waals surface area (Å²) in [5.74, 6) is 0. The summed E-state index contributed by atoms with van der Waals surface area (Å²) in [6.45, 7) is 18.0. The molecule has 0 fully saturated rings. The largest absolute Gasteiger partial charge is 0.414 e. The molecule has 0 aliphatic heterocycles. The molecule has 0 saturated carbocycles. The monoisotopic (exact) mass is 517 g/mol. The van der Waals surface area contributed by atoms with E-state index in [1.807, 2.05) is 81.4 Å². The quantitative estimate of drug-likeness (QED) is 0.232. The van der Waals surface area contributed by atoms with Crippen LogP contribution in [0.25, 0.3) is 0 Å². The zero-order valence-electron chi connectivity index (χ0n) is 22.6. The summed E-state index contributed by atoms with van der Waals surface area (Å²) in [5, 5.41) is 0.0686. The van der Waals surface area contributed by atoms with Gasteiger partial charge in [-0.25, -0.2) is 4.21 Å². The van der Waals surface area contributed by atoms with Crippen LogP contribution in [0.4, 0.5) is 0 Å². The van der Waals surface area contributed by atoms with Crippen molar-refractivity contribution in [2.24, 2.45) is 4.40 Å². The first-order valence-electron chi connectivity index (χ1n) is 12.2. The van der Waals surface area contributed by atoms with Crippen molar-refractivity contribution in [3.05, 3.63) is 71.8 Å². The molecular formula is C28H43NO4SSi. The lowest BCUT2D eigenvalue weighted by Crippen LogP contribution is -2.46. The van der Waals surface area contributed by atoms with Crippen LogP contribution in [0.1, 0.15) is 52.7 Å². The van der Waals surface area contributed by atoms with Gasteiger partial charge in [0, 0.05) is 6.21 Å². The fraction of sp³-hybridized carbons (Fsp3) is 0.536. The zero-order valence-corrected chi connectivity index (χ0v) is 24.4. The smallest absolute Gasteiger partial charge is 0.192 e. The van der Waals surface area contributed by atoms with Crippen molar-refractivity contribution in [3.63, 3.8) is 0 Å². The van der Waals surface area contributed by atoms with E-state index in [0.29, 0.717) is 19.8 Å². The van der Waals surface area contributed by atoms with Gasteiger partial charge in [0.05, 0.1) is 24.6 Å². The molecule has 3 atom stereocenters. The molecule has 1 unspecified atom stereocenters. The molecule has 5 nitrogen and oxygen atoms in total. The molecule has 35 heavy (non-hydrogen) atoms. The first-order valence-corrected chi connectivity index (χ1v) is 16.2. The summed E-state index contributed by atoms with van der Waals surface area (Å²) in [6, 6.07) is 20.0. The molecule has 0 radical (unpaired) electrons. The molecule has 2 aromatic carbocycles. The second-order valence-corrected chi connectivity index (χ2v) is 18.0. The summed E-state index contributed by atoms with van der Waals surface area (Å²) in [6.07, 6.45) is 0.721. The molecule has 0 amide bonds. The second-order valence-electron chi connectivity index (χ2n) is 11.3. The minimum Gasteiger partial charge on any atom is -0.414 e. The lowest BCUT2D eigenvalue weighted by Gasteiger charge is -2.38. The third-order valence-corrected chi connectivity index (χ3v) is 12.1. The highest BCUT2D eigenvalue weighted by atomic mass is 32.2. The summed E-state index contributed by atoms with van der Waals surface area (Å²) < 4.78 is 35.9. The SMILES string of the molecule is CC(C)(C)S(=O)/N=C/[C@H](OCc1ccccc1)[C@@H](CO[Si](C)(C)C(C)(C)C)OCc1ccccc1. The number of ether oxygens (including phenoxy) is 2. The Kier molecular flexibility index (Phi) is 11.0. The van der Waals surface area contributed by atoms with E-state index in [1.165, 1.54) is 0 Å². The van der Waals surface area contributed by atoms with Gasteiger partial charge in [-0.05, 0) is 50.0 Å². The van der Waals surface area contributed by atoms with Gasteiger partial charge < -0.3 is 13.9 Å². The topological polar surface area (TPSA) is 57.1 Å². The van der Waals surface area contributed by atoms with Gasteiger partial charge in [-0.1, -0.05) is 81.4 Å². The van der Waals surface area contributed by atoms with Crippen molar-refractivity contribution in [1.82, 2.24) is 0 Å². The van der Waals surface area contributed by atoms with Crippen molar-refractivity contribution >= 4 is 25.5 Å². The number of nitrogens with zero attached hydrogens (tertiary/aromatic N) is 1. The molecule has 0 heterocycles. The summed E-state index contributed by atoms with van der Waals surface area (Å²) in [5.41, 5.74) is 2.12. The van der Waals surface area contributed by atoms with Crippen molar-refractivity contribution in [2.75, 3.05) is 6.61 Å². The number of hydrogen-bond acceptors (Lipinski definition) is 4. The van der Waals surface area contributed by atoms with E-state index >= 15 is 0 Å². The molecule has 0 saturated heterocycles. The predicted octanol–water partition coefficient (Wildman–Crippen LogP) is 6.71. The average molecular weight is 518 g/mol. The van der Waals surface area contributed by atoms with Crippen molar-refractivity contribution in [3.8, 4) is 0 Å². The Labute approximate surface area is 216 Å². The lowest BCUT2D eigenvalue weighted by molar-refractivity contribution is -0.0730. The molecule has 0 N–H and O–H groups in total. The highest BCUT2D eigenvalue weighted by Gasteiger charge is 2.38. The van der Waals surface area contributed by atoms with Gasteiger partial charge >= 0.3 is 0 Å². The molecule has 2 rings (SSSR count). The molecule has 0 aliphatic carbocycles. The van der Waals surface area contributed by atoms with Crippen LogP contribution in [-0.2, 0) is 38.1 Å². The van der Waals surface area contributed by atoms with Crippen LogP contribution < -0.4 is 0 Å². The minimum absolute atomic E-state index is 0.0686. The Hall–Kier alpha value is -1.64. The van der Waals surface area contributed by atoms with Crippen molar-refractivity contribution < 1.29 is 18.1 Å². The maximum atomic E-state index is 12.7. The van der Waals surface area contributed by atoms with Crippen LogP contribution in [0.3, 0.4) is 0 Å². The van der Waals surface area contributed by atoms with Gasteiger partial charge in [-0.2, -0.15) is 4.40 Å². The van der Waals surface area contributed by atoms with Gasteiger partial charge in [0.1, 0.15) is 23.2 Å². The van der Waals surface area contributed by atoms with E-state index in [1.54, 1.807) is 6.21 Å². The molecule has 194 valence electrons. The normalized spacial score (nSPS) is 15.8. The maximum Gasteiger partial charge on any atom is 0.192 e. The van der Waals surface area contributed by atoms with Gasteiger partial charge in [0.25, 0.3) is 0 Å². The van der Waals surface area contributed by atoms with Crippen LogP contribution >= 0.6 is 0 Å². The van der Waals surface area contributed by atoms with E-state index in [9.17, 15) is 4.21 Å². The first-order chi connectivity index (χ1) is 16.3. The van der Waals surface area contributed by atoms with Crippen LogP contribution in [0, 0.1) is 0 Å². The van der Waals surface area contributed by atoms with Gasteiger partial charge in [-0.3, -0.25) is 0 Å². The van der Waals surface area contributed by atoms with E-state index < -0.39 is 36.3 Å². The molecule has 0 bridgehead atoms. The van der Waals surface area contributed by atoms with Crippen LogP contribution in [0.5, 0.6) is 0 Å². The Balaban J connectivity index is 2.29. The number of benzene rings is 2. The van der Waals surface area contributed by atoms with E-state index in [2.05, 4.69) is 38.3 Å². The third-order valence-electron chi connectivity index (χ3n) is 6.20. The highest BCUT2D eigenvalue weighted by molar-refractivity contribution is 7.85. The van der Waals surface area contributed by atoms with Gasteiger partial charge in [0.2, 0.25) is 0 Å². The number of hydrogen-bond donors (Lipinski definition) is 0. The summed E-state index contributed by atoms with van der Waals surface area (Å²) in [7, 11) is -3.42. The Morgan fingerprint density at radius 3 is 1.80 bits per heavy atom. The first kappa shape index (κ1) is 29.6. The van der Waals surface area contributed by atoms with E-state index in [0.717, 1.165) is 11.1 Å². The highest BCUT2D eigenvalue weighted by Crippen LogP contribution is 2.36. The standard InChI is InChI=1S/C28H43NO4SSi/c1-27(2,3)34(30)29-19-25(31-20-23-15-11-9-12-16-23)26(22-33-35(7,8)28(4,5)6)32-21-24-17-13-10-14-18-24/h9-19,25-26H,20-22H2,1-8H3/b29-19+/t25-,26+,34?/m0/s1. The molecule has 0 aromatic heterocycles. The fourth-order valence-corrected chi connectivity index (χ4v) is 4.37.